The molecule has 1 aromatic carbocycles. The molecule has 0 radical (unpaired) electrons. The molecule has 6 nitrogen and oxygen atoms in total. The molecule has 0 saturated heterocycles. The fraction of sp³-hybridized carbons (Fsp3) is 0.263. The zero-order chi connectivity index (χ0) is 19.4. The van der Waals surface area contributed by atoms with Crippen LogP contribution < -0.4 is 10.6 Å². The van der Waals surface area contributed by atoms with E-state index in [1.54, 1.807) is 12.1 Å². The van der Waals surface area contributed by atoms with Gasteiger partial charge in [0, 0.05) is 35.5 Å². The molecule has 0 fully saturated rings. The zero-order valence-corrected chi connectivity index (χ0v) is 16.8. The molecular formula is C19H21BrFN5O. The maximum Gasteiger partial charge on any atom is 0.315 e. The highest BCUT2D eigenvalue weighted by Gasteiger charge is 2.07. The van der Waals surface area contributed by atoms with Gasteiger partial charge in [-0.05, 0) is 59.9 Å². The van der Waals surface area contributed by atoms with Gasteiger partial charge in [-0.25, -0.2) is 14.2 Å². The van der Waals surface area contributed by atoms with Crippen LogP contribution in [0, 0.1) is 5.82 Å². The lowest BCUT2D eigenvalue weighted by Gasteiger charge is -2.12. The number of benzene rings is 1. The molecule has 0 aliphatic heterocycles. The highest BCUT2D eigenvalue weighted by Crippen LogP contribution is 2.13. The predicted molar refractivity (Wildman–Crippen MR) is 106 cm³/mol. The van der Waals surface area contributed by atoms with Crippen molar-refractivity contribution in [2.45, 2.75) is 19.6 Å². The van der Waals surface area contributed by atoms with Gasteiger partial charge in [-0.15, -0.1) is 0 Å². The number of halogens is 2. The minimum absolute atomic E-state index is 0.240. The molecule has 0 bridgehead atoms. The van der Waals surface area contributed by atoms with Gasteiger partial charge in [0.1, 0.15) is 11.5 Å². The van der Waals surface area contributed by atoms with E-state index < -0.39 is 0 Å². The molecule has 0 aliphatic rings. The number of fused-ring (bicyclic) bond motifs is 1. The highest BCUT2D eigenvalue weighted by molar-refractivity contribution is 9.10. The number of urea groups is 1. The topological polar surface area (TPSA) is 61.7 Å². The van der Waals surface area contributed by atoms with Gasteiger partial charge in [-0.1, -0.05) is 6.07 Å². The molecule has 142 valence electrons. The van der Waals surface area contributed by atoms with Crippen molar-refractivity contribution in [3.05, 3.63) is 69.8 Å². The molecule has 27 heavy (non-hydrogen) atoms. The van der Waals surface area contributed by atoms with E-state index in [9.17, 15) is 9.18 Å². The van der Waals surface area contributed by atoms with Crippen LogP contribution in [0.25, 0.3) is 5.65 Å². The third-order valence-electron chi connectivity index (χ3n) is 3.94. The average Bonchev–Trinajstić information content (AvgIpc) is 3.02. The van der Waals surface area contributed by atoms with Gasteiger partial charge in [0.05, 0.1) is 12.2 Å². The Labute approximate surface area is 165 Å². The lowest BCUT2D eigenvalue weighted by Crippen LogP contribution is -2.34. The van der Waals surface area contributed by atoms with E-state index in [2.05, 4.69) is 31.5 Å². The first kappa shape index (κ1) is 19.3. The van der Waals surface area contributed by atoms with Gasteiger partial charge in [0.15, 0.2) is 0 Å². The molecule has 0 aliphatic carbocycles. The van der Waals surface area contributed by atoms with Crippen LogP contribution >= 0.6 is 15.9 Å². The Kier molecular flexibility index (Phi) is 6.08. The molecule has 0 spiro atoms. The number of carbonyl (C=O) groups is 1. The normalized spacial score (nSPS) is 11.1. The Morgan fingerprint density at radius 2 is 1.96 bits per heavy atom. The lowest BCUT2D eigenvalue weighted by atomic mass is 10.1. The largest absolute Gasteiger partial charge is 0.334 e. The summed E-state index contributed by atoms with van der Waals surface area (Å²) in [4.78, 5) is 18.4. The van der Waals surface area contributed by atoms with Crippen LogP contribution in [0.5, 0.6) is 0 Å². The van der Waals surface area contributed by atoms with Gasteiger partial charge in [0.25, 0.3) is 0 Å². The summed E-state index contributed by atoms with van der Waals surface area (Å²) < 4.78 is 16.7. The maximum atomic E-state index is 13.8. The third kappa shape index (κ3) is 5.27. The Morgan fingerprint density at radius 1 is 1.19 bits per heavy atom. The summed E-state index contributed by atoms with van der Waals surface area (Å²) in [6.45, 7) is 1.15. The quantitative estimate of drug-likeness (QED) is 0.626. The van der Waals surface area contributed by atoms with E-state index in [0.29, 0.717) is 25.2 Å². The molecule has 0 saturated carbocycles. The molecule has 3 aromatic rings. The smallest absolute Gasteiger partial charge is 0.315 e. The van der Waals surface area contributed by atoms with Gasteiger partial charge in [0.2, 0.25) is 0 Å². The SMILES string of the molecule is CN(C)Cc1cc(CNC(=O)NCc2cn3cc(Br)ccc3n2)ccc1F. The zero-order valence-electron chi connectivity index (χ0n) is 15.2. The number of amides is 2. The van der Waals surface area contributed by atoms with Crippen molar-refractivity contribution in [3.8, 4) is 0 Å². The van der Waals surface area contributed by atoms with E-state index in [4.69, 9.17) is 0 Å². The van der Waals surface area contributed by atoms with E-state index in [1.165, 1.54) is 6.07 Å². The van der Waals surface area contributed by atoms with Crippen molar-refractivity contribution >= 4 is 27.6 Å². The summed E-state index contributed by atoms with van der Waals surface area (Å²) in [5, 5.41) is 5.57. The lowest BCUT2D eigenvalue weighted by molar-refractivity contribution is 0.240. The van der Waals surface area contributed by atoms with Gasteiger partial charge < -0.3 is 19.9 Å². The molecular weight excluding hydrogens is 413 g/mol. The summed E-state index contributed by atoms with van der Waals surface area (Å²) in [6, 6.07) is 8.39. The highest BCUT2D eigenvalue weighted by atomic mass is 79.9. The van der Waals surface area contributed by atoms with Crippen LogP contribution in [0.15, 0.2) is 47.2 Å². The fourth-order valence-electron chi connectivity index (χ4n) is 2.72. The van der Waals surface area contributed by atoms with Crippen LogP contribution in [0.2, 0.25) is 0 Å². The van der Waals surface area contributed by atoms with Crippen molar-refractivity contribution in [1.82, 2.24) is 24.9 Å². The monoisotopic (exact) mass is 433 g/mol. The van der Waals surface area contributed by atoms with E-state index in [1.807, 2.05) is 47.9 Å². The van der Waals surface area contributed by atoms with Crippen molar-refractivity contribution in [3.63, 3.8) is 0 Å². The van der Waals surface area contributed by atoms with Crippen molar-refractivity contribution in [2.75, 3.05) is 14.1 Å². The number of hydrogen-bond donors (Lipinski definition) is 2. The second-order valence-electron chi connectivity index (χ2n) is 6.54. The van der Waals surface area contributed by atoms with Crippen molar-refractivity contribution in [1.29, 1.82) is 0 Å². The number of hydrogen-bond acceptors (Lipinski definition) is 3. The van der Waals surface area contributed by atoms with Gasteiger partial charge >= 0.3 is 6.03 Å². The molecule has 0 atom stereocenters. The first-order chi connectivity index (χ1) is 12.9. The Hall–Kier alpha value is -2.45. The van der Waals surface area contributed by atoms with Crippen LogP contribution in [0.1, 0.15) is 16.8 Å². The molecule has 3 rings (SSSR count). The first-order valence-electron chi connectivity index (χ1n) is 8.47. The minimum atomic E-state index is -0.299. The predicted octanol–water partition coefficient (Wildman–Crippen LogP) is 3.30. The number of imidazole rings is 1. The number of aromatic nitrogens is 2. The molecule has 2 N–H and O–H groups in total. The van der Waals surface area contributed by atoms with Crippen molar-refractivity contribution in [2.24, 2.45) is 0 Å². The third-order valence-corrected chi connectivity index (χ3v) is 4.41. The van der Waals surface area contributed by atoms with E-state index in [-0.39, 0.29) is 11.8 Å². The Balaban J connectivity index is 1.53. The number of rotatable bonds is 6. The van der Waals surface area contributed by atoms with Crippen LogP contribution in [-0.2, 0) is 19.6 Å². The van der Waals surface area contributed by atoms with Crippen molar-refractivity contribution < 1.29 is 9.18 Å². The maximum absolute atomic E-state index is 13.8. The standard InChI is InChI=1S/C19H21BrFN5O/c1-25(2)10-14-7-13(3-5-17(14)21)8-22-19(27)23-9-16-12-26-11-15(20)4-6-18(26)24-16/h3-7,11-12H,8-10H2,1-2H3,(H2,22,23,27). The fourth-order valence-corrected chi connectivity index (χ4v) is 3.07. The van der Waals surface area contributed by atoms with Crippen LogP contribution in [0.4, 0.5) is 9.18 Å². The van der Waals surface area contributed by atoms with Gasteiger partial charge in [-0.3, -0.25) is 0 Å². The van der Waals surface area contributed by atoms with Gasteiger partial charge in [-0.2, -0.15) is 0 Å². The number of nitrogens with zero attached hydrogens (tertiary/aromatic N) is 3. The summed E-state index contributed by atoms with van der Waals surface area (Å²) in [7, 11) is 3.77. The molecule has 2 heterocycles. The van der Waals surface area contributed by atoms with Crippen LogP contribution in [0.3, 0.4) is 0 Å². The summed E-state index contributed by atoms with van der Waals surface area (Å²) >= 11 is 3.41. The summed E-state index contributed by atoms with van der Waals surface area (Å²) in [6.07, 6.45) is 3.78. The minimum Gasteiger partial charge on any atom is -0.334 e. The molecule has 2 aromatic heterocycles. The molecule has 2 amide bonds. The molecule has 0 unspecified atom stereocenters. The summed E-state index contributed by atoms with van der Waals surface area (Å²) in [5.41, 5.74) is 3.03. The number of pyridine rings is 1. The number of nitrogens with one attached hydrogen (secondary N) is 2. The molecule has 8 heteroatoms. The second-order valence-corrected chi connectivity index (χ2v) is 7.46. The van der Waals surface area contributed by atoms with Crippen LogP contribution in [-0.4, -0.2) is 34.4 Å². The first-order valence-corrected chi connectivity index (χ1v) is 9.27. The Morgan fingerprint density at radius 3 is 2.74 bits per heavy atom. The average molecular weight is 434 g/mol. The second kappa shape index (κ2) is 8.49. The summed E-state index contributed by atoms with van der Waals surface area (Å²) in [5.74, 6) is -0.240. The van der Waals surface area contributed by atoms with E-state index >= 15 is 0 Å². The van der Waals surface area contributed by atoms with E-state index in [0.717, 1.165) is 21.4 Å². The Bertz CT molecular complexity index is 956. The number of carbonyl (C=O) groups excluding carboxylic acids is 1.